The third-order valence-electron chi connectivity index (χ3n) is 2.98. The number of rotatable bonds is 6. The summed E-state index contributed by atoms with van der Waals surface area (Å²) in [5.74, 6) is 1.31. The molecule has 0 saturated carbocycles. The minimum atomic E-state index is -0.0103. The van der Waals surface area contributed by atoms with Crippen LogP contribution in [0.2, 0.25) is 0 Å². The molecule has 2 unspecified atom stereocenters. The summed E-state index contributed by atoms with van der Waals surface area (Å²) < 4.78 is 5.42. The Balaban J connectivity index is 2.08. The lowest BCUT2D eigenvalue weighted by atomic mass is 9.94. The maximum atomic E-state index is 11.8. The number of carbonyl (C=O) groups excluding carboxylic acids is 1. The van der Waals surface area contributed by atoms with E-state index in [1.54, 1.807) is 0 Å². The van der Waals surface area contributed by atoms with Crippen LogP contribution in [0.3, 0.4) is 0 Å². The molecular formula is C13H26N2O2. The van der Waals surface area contributed by atoms with Gasteiger partial charge in [-0.05, 0) is 31.2 Å². The largest absolute Gasteiger partial charge is 0.379 e. The SMILES string of the molecule is CC(C)COCCNC(=O)C1CC(C)CCN1. The van der Waals surface area contributed by atoms with Crippen molar-refractivity contribution in [1.82, 2.24) is 10.6 Å². The van der Waals surface area contributed by atoms with E-state index in [0.29, 0.717) is 25.0 Å². The van der Waals surface area contributed by atoms with Gasteiger partial charge in [-0.15, -0.1) is 0 Å². The Kier molecular flexibility index (Phi) is 6.52. The molecule has 1 amide bonds. The first-order valence-corrected chi connectivity index (χ1v) is 6.68. The highest BCUT2D eigenvalue weighted by Gasteiger charge is 2.23. The van der Waals surface area contributed by atoms with Gasteiger partial charge in [-0.1, -0.05) is 20.8 Å². The molecule has 1 aliphatic rings. The fourth-order valence-corrected chi connectivity index (χ4v) is 2.00. The number of hydrogen-bond donors (Lipinski definition) is 2. The van der Waals surface area contributed by atoms with Gasteiger partial charge in [0.05, 0.1) is 12.6 Å². The lowest BCUT2D eigenvalue weighted by Crippen LogP contribution is -2.49. The smallest absolute Gasteiger partial charge is 0.237 e. The second kappa shape index (κ2) is 7.67. The summed E-state index contributed by atoms with van der Waals surface area (Å²) in [7, 11) is 0. The fourth-order valence-electron chi connectivity index (χ4n) is 2.00. The van der Waals surface area contributed by atoms with Crippen LogP contribution >= 0.6 is 0 Å². The van der Waals surface area contributed by atoms with Crippen molar-refractivity contribution in [2.45, 2.75) is 39.7 Å². The van der Waals surface area contributed by atoms with Crippen LogP contribution in [0, 0.1) is 11.8 Å². The molecule has 0 spiro atoms. The van der Waals surface area contributed by atoms with Crippen LogP contribution in [0.4, 0.5) is 0 Å². The molecule has 2 atom stereocenters. The third-order valence-corrected chi connectivity index (χ3v) is 2.98. The van der Waals surface area contributed by atoms with Crippen LogP contribution in [-0.2, 0) is 9.53 Å². The van der Waals surface area contributed by atoms with E-state index in [9.17, 15) is 4.79 Å². The highest BCUT2D eigenvalue weighted by molar-refractivity contribution is 5.81. The summed E-state index contributed by atoms with van der Waals surface area (Å²) in [6.45, 7) is 9.35. The first-order valence-electron chi connectivity index (χ1n) is 6.68. The van der Waals surface area contributed by atoms with Crippen molar-refractivity contribution in [2.75, 3.05) is 26.3 Å². The van der Waals surface area contributed by atoms with Gasteiger partial charge < -0.3 is 15.4 Å². The zero-order valence-electron chi connectivity index (χ0n) is 11.3. The van der Waals surface area contributed by atoms with Crippen LogP contribution < -0.4 is 10.6 Å². The van der Waals surface area contributed by atoms with Gasteiger partial charge >= 0.3 is 0 Å². The van der Waals surface area contributed by atoms with Gasteiger partial charge in [0.15, 0.2) is 0 Å². The van der Waals surface area contributed by atoms with E-state index in [4.69, 9.17) is 4.74 Å². The molecule has 0 aromatic carbocycles. The maximum Gasteiger partial charge on any atom is 0.237 e. The Morgan fingerprint density at radius 2 is 2.29 bits per heavy atom. The van der Waals surface area contributed by atoms with E-state index < -0.39 is 0 Å². The molecule has 0 aliphatic carbocycles. The van der Waals surface area contributed by atoms with Crippen molar-refractivity contribution in [3.05, 3.63) is 0 Å². The van der Waals surface area contributed by atoms with Crippen LogP contribution in [0.5, 0.6) is 0 Å². The lowest BCUT2D eigenvalue weighted by molar-refractivity contribution is -0.124. The summed E-state index contributed by atoms with van der Waals surface area (Å²) >= 11 is 0. The van der Waals surface area contributed by atoms with E-state index in [-0.39, 0.29) is 11.9 Å². The monoisotopic (exact) mass is 242 g/mol. The van der Waals surface area contributed by atoms with Crippen LogP contribution in [0.25, 0.3) is 0 Å². The highest BCUT2D eigenvalue weighted by atomic mass is 16.5. The molecule has 1 fully saturated rings. The molecule has 0 bridgehead atoms. The van der Waals surface area contributed by atoms with Gasteiger partial charge in [-0.3, -0.25) is 4.79 Å². The Morgan fingerprint density at radius 1 is 1.53 bits per heavy atom. The number of nitrogens with one attached hydrogen (secondary N) is 2. The number of carbonyl (C=O) groups is 1. The minimum Gasteiger partial charge on any atom is -0.379 e. The summed E-state index contributed by atoms with van der Waals surface area (Å²) in [5.41, 5.74) is 0. The summed E-state index contributed by atoms with van der Waals surface area (Å²) in [6, 6.07) is -0.0103. The number of hydrogen-bond acceptors (Lipinski definition) is 3. The van der Waals surface area contributed by atoms with Crippen molar-refractivity contribution in [1.29, 1.82) is 0 Å². The fraction of sp³-hybridized carbons (Fsp3) is 0.923. The van der Waals surface area contributed by atoms with E-state index in [1.165, 1.54) is 6.42 Å². The average Bonchev–Trinajstić information content (AvgIpc) is 2.28. The third kappa shape index (κ3) is 6.03. The first-order chi connectivity index (χ1) is 8.09. The Morgan fingerprint density at radius 3 is 2.94 bits per heavy atom. The first kappa shape index (κ1) is 14.5. The Hall–Kier alpha value is -0.610. The van der Waals surface area contributed by atoms with Gasteiger partial charge in [0.25, 0.3) is 0 Å². The molecule has 17 heavy (non-hydrogen) atoms. The van der Waals surface area contributed by atoms with Crippen LogP contribution in [-0.4, -0.2) is 38.3 Å². The van der Waals surface area contributed by atoms with Crippen molar-refractivity contribution >= 4 is 5.91 Å². The molecule has 1 heterocycles. The van der Waals surface area contributed by atoms with Gasteiger partial charge in [-0.2, -0.15) is 0 Å². The minimum absolute atomic E-state index is 0.0103. The van der Waals surface area contributed by atoms with Crippen molar-refractivity contribution in [3.63, 3.8) is 0 Å². The number of piperidine rings is 1. The molecule has 4 nitrogen and oxygen atoms in total. The molecule has 4 heteroatoms. The second-order valence-electron chi connectivity index (χ2n) is 5.40. The predicted molar refractivity (Wildman–Crippen MR) is 68.9 cm³/mol. The molecule has 100 valence electrons. The Labute approximate surface area is 104 Å². The quantitative estimate of drug-likeness (QED) is 0.687. The standard InChI is InChI=1S/C13H26N2O2/c1-10(2)9-17-7-6-15-13(16)12-8-11(3)4-5-14-12/h10-12,14H,4-9H2,1-3H3,(H,15,16). The second-order valence-corrected chi connectivity index (χ2v) is 5.40. The summed E-state index contributed by atoms with van der Waals surface area (Å²) in [6.07, 6.45) is 2.11. The van der Waals surface area contributed by atoms with Gasteiger partial charge in [0, 0.05) is 13.2 Å². The van der Waals surface area contributed by atoms with Gasteiger partial charge in [0.1, 0.15) is 0 Å². The topological polar surface area (TPSA) is 50.4 Å². The summed E-state index contributed by atoms with van der Waals surface area (Å²) in [5, 5.41) is 6.18. The highest BCUT2D eigenvalue weighted by Crippen LogP contribution is 2.14. The Bertz CT molecular complexity index is 231. The predicted octanol–water partition coefficient (Wildman–Crippen LogP) is 1.16. The number of amides is 1. The van der Waals surface area contributed by atoms with E-state index in [0.717, 1.165) is 19.6 Å². The zero-order valence-corrected chi connectivity index (χ0v) is 11.3. The van der Waals surface area contributed by atoms with Gasteiger partial charge in [-0.25, -0.2) is 0 Å². The lowest BCUT2D eigenvalue weighted by Gasteiger charge is -2.27. The average molecular weight is 242 g/mol. The van der Waals surface area contributed by atoms with Crippen molar-refractivity contribution in [3.8, 4) is 0 Å². The van der Waals surface area contributed by atoms with E-state index in [2.05, 4.69) is 31.4 Å². The van der Waals surface area contributed by atoms with Crippen LogP contribution in [0.1, 0.15) is 33.6 Å². The van der Waals surface area contributed by atoms with Crippen LogP contribution in [0.15, 0.2) is 0 Å². The molecule has 0 aromatic heterocycles. The molecular weight excluding hydrogens is 216 g/mol. The van der Waals surface area contributed by atoms with Crippen molar-refractivity contribution in [2.24, 2.45) is 11.8 Å². The van der Waals surface area contributed by atoms with Crippen molar-refractivity contribution < 1.29 is 9.53 Å². The molecule has 1 saturated heterocycles. The zero-order chi connectivity index (χ0) is 12.7. The maximum absolute atomic E-state index is 11.8. The molecule has 1 aliphatic heterocycles. The van der Waals surface area contributed by atoms with Gasteiger partial charge in [0.2, 0.25) is 5.91 Å². The normalized spacial score (nSPS) is 24.9. The molecule has 2 N–H and O–H groups in total. The molecule has 0 aromatic rings. The molecule has 0 radical (unpaired) electrons. The number of ether oxygens (including phenoxy) is 1. The van der Waals surface area contributed by atoms with E-state index >= 15 is 0 Å². The molecule has 1 rings (SSSR count). The summed E-state index contributed by atoms with van der Waals surface area (Å²) in [4.78, 5) is 11.8. The van der Waals surface area contributed by atoms with E-state index in [1.807, 2.05) is 0 Å².